The molecule has 1 atom stereocenters. The molecule has 0 saturated heterocycles. The molecule has 6 nitrogen and oxygen atoms in total. The molecule has 0 heterocycles. The topological polar surface area (TPSA) is 78.9 Å². The number of esters is 3. The van der Waals surface area contributed by atoms with E-state index < -0.39 is 6.10 Å². The minimum absolute atomic E-state index is 0.0901. The van der Waals surface area contributed by atoms with Crippen molar-refractivity contribution >= 4 is 17.9 Å². The van der Waals surface area contributed by atoms with Crippen molar-refractivity contribution in [3.05, 3.63) is 122 Å². The van der Waals surface area contributed by atoms with E-state index in [-0.39, 0.29) is 31.1 Å². The quantitative estimate of drug-likeness (QED) is 0.0261. The van der Waals surface area contributed by atoms with Gasteiger partial charge in [-0.1, -0.05) is 271 Å². The van der Waals surface area contributed by atoms with Crippen molar-refractivity contribution in [3.63, 3.8) is 0 Å². The van der Waals surface area contributed by atoms with Crippen LogP contribution in [-0.2, 0) is 28.6 Å². The lowest BCUT2D eigenvalue weighted by Gasteiger charge is -2.18. The van der Waals surface area contributed by atoms with Crippen LogP contribution < -0.4 is 0 Å². The summed E-state index contributed by atoms with van der Waals surface area (Å²) in [5, 5.41) is 0. The van der Waals surface area contributed by atoms with E-state index >= 15 is 0 Å². The van der Waals surface area contributed by atoms with Gasteiger partial charge in [0.15, 0.2) is 6.10 Å². The van der Waals surface area contributed by atoms with Gasteiger partial charge >= 0.3 is 17.9 Å². The van der Waals surface area contributed by atoms with Crippen molar-refractivity contribution in [1.29, 1.82) is 0 Å². The summed E-state index contributed by atoms with van der Waals surface area (Å²) in [5.74, 6) is -0.920. The van der Waals surface area contributed by atoms with Crippen molar-refractivity contribution in [3.8, 4) is 0 Å². The lowest BCUT2D eigenvalue weighted by Crippen LogP contribution is -2.30. The fraction of sp³-hybridized carbons (Fsp3) is 0.667. The van der Waals surface area contributed by atoms with E-state index in [0.29, 0.717) is 19.3 Å². The third-order valence-corrected chi connectivity index (χ3v) is 13.0. The summed E-state index contributed by atoms with van der Waals surface area (Å²) in [5.41, 5.74) is 0. The first-order valence-corrected chi connectivity index (χ1v) is 31.0. The van der Waals surface area contributed by atoms with Crippen LogP contribution in [0.2, 0.25) is 0 Å². The highest BCUT2D eigenvalue weighted by Crippen LogP contribution is 2.15. The van der Waals surface area contributed by atoms with Gasteiger partial charge in [0.2, 0.25) is 0 Å². The minimum atomic E-state index is -0.796. The van der Waals surface area contributed by atoms with E-state index in [0.717, 1.165) is 141 Å². The van der Waals surface area contributed by atoms with Crippen LogP contribution in [-0.4, -0.2) is 37.2 Å². The average molecular weight is 1040 g/mol. The van der Waals surface area contributed by atoms with Crippen LogP contribution in [0.15, 0.2) is 122 Å². The zero-order valence-electron chi connectivity index (χ0n) is 48.8. The highest BCUT2D eigenvalue weighted by molar-refractivity contribution is 5.71. The summed E-state index contributed by atoms with van der Waals surface area (Å²) in [6, 6.07) is 0. The van der Waals surface area contributed by atoms with Crippen LogP contribution in [0.25, 0.3) is 0 Å². The number of unbranched alkanes of at least 4 members (excludes halogenated alkanes) is 24. The molecule has 0 bridgehead atoms. The second-order valence-corrected chi connectivity index (χ2v) is 20.2. The standard InChI is InChI=1S/C69H114O6/c1-4-7-10-13-16-19-22-25-27-29-31-33-34-36-37-39-41-44-47-50-53-56-59-62-68(71)74-65-66(64-73-67(70)61-58-55-52-49-46-43-24-21-18-15-12-9-6-3)75-69(72)63-60-57-54-51-48-45-42-40-38-35-32-30-28-26-23-20-17-14-11-8-5-2/h7-8,10-11,16-17,19-20,25-28,31-33,35-37,41,44,66H,4-6,9,12-15,18,21-24,29-30,34,38-40,42-43,45-65H2,1-3H3/b10-7-,11-8-,19-16-,20-17-,27-25-,28-26-,33-31-,35-32-,37-36-,44-41-. The Hall–Kier alpha value is -4.19. The third-order valence-electron chi connectivity index (χ3n) is 13.0. The molecule has 0 aromatic carbocycles. The number of rotatable bonds is 55. The Labute approximate surface area is 462 Å². The monoisotopic (exact) mass is 1040 g/mol. The average Bonchev–Trinajstić information content (AvgIpc) is 3.41. The van der Waals surface area contributed by atoms with Crippen molar-refractivity contribution < 1.29 is 28.6 Å². The molecule has 0 aromatic rings. The highest BCUT2D eigenvalue weighted by atomic mass is 16.6. The molecule has 0 spiro atoms. The van der Waals surface area contributed by atoms with Gasteiger partial charge in [0, 0.05) is 19.3 Å². The van der Waals surface area contributed by atoms with E-state index in [9.17, 15) is 14.4 Å². The first kappa shape index (κ1) is 70.8. The van der Waals surface area contributed by atoms with Gasteiger partial charge in [0.25, 0.3) is 0 Å². The van der Waals surface area contributed by atoms with E-state index in [2.05, 4.69) is 142 Å². The molecule has 1 unspecified atom stereocenters. The molecule has 0 radical (unpaired) electrons. The zero-order chi connectivity index (χ0) is 54.3. The Morgan fingerprint density at radius 1 is 0.280 bits per heavy atom. The van der Waals surface area contributed by atoms with Crippen LogP contribution in [0.3, 0.4) is 0 Å². The summed E-state index contributed by atoms with van der Waals surface area (Å²) < 4.78 is 16.9. The number of hydrogen-bond acceptors (Lipinski definition) is 6. The summed E-state index contributed by atoms with van der Waals surface area (Å²) in [6.07, 6.45) is 86.2. The lowest BCUT2D eigenvalue weighted by molar-refractivity contribution is -0.167. The summed E-state index contributed by atoms with van der Waals surface area (Å²) in [6.45, 7) is 6.40. The maximum Gasteiger partial charge on any atom is 0.306 e. The first-order valence-electron chi connectivity index (χ1n) is 31.0. The molecule has 0 rings (SSSR count). The van der Waals surface area contributed by atoms with Crippen molar-refractivity contribution in [2.75, 3.05) is 13.2 Å². The Morgan fingerprint density at radius 3 is 0.813 bits per heavy atom. The van der Waals surface area contributed by atoms with Gasteiger partial charge in [0.05, 0.1) is 0 Å². The van der Waals surface area contributed by atoms with Gasteiger partial charge in [-0.05, 0) is 109 Å². The van der Waals surface area contributed by atoms with Gasteiger partial charge in [-0.3, -0.25) is 14.4 Å². The molecular weight excluding hydrogens is 925 g/mol. The minimum Gasteiger partial charge on any atom is -0.462 e. The summed E-state index contributed by atoms with van der Waals surface area (Å²) in [7, 11) is 0. The van der Waals surface area contributed by atoms with Crippen LogP contribution in [0.1, 0.15) is 278 Å². The molecule has 0 aliphatic carbocycles. The Morgan fingerprint density at radius 2 is 0.520 bits per heavy atom. The number of hydrogen-bond donors (Lipinski definition) is 0. The largest absolute Gasteiger partial charge is 0.462 e. The lowest BCUT2D eigenvalue weighted by atomic mass is 10.0. The van der Waals surface area contributed by atoms with Crippen molar-refractivity contribution in [2.24, 2.45) is 0 Å². The molecule has 0 aliphatic rings. The van der Waals surface area contributed by atoms with Crippen LogP contribution >= 0.6 is 0 Å². The van der Waals surface area contributed by atoms with Crippen LogP contribution in [0.5, 0.6) is 0 Å². The number of ether oxygens (including phenoxy) is 3. The van der Waals surface area contributed by atoms with Gasteiger partial charge in [-0.25, -0.2) is 0 Å². The van der Waals surface area contributed by atoms with Crippen LogP contribution in [0, 0.1) is 0 Å². The van der Waals surface area contributed by atoms with E-state index in [1.807, 2.05) is 0 Å². The number of allylic oxidation sites excluding steroid dienone is 20. The van der Waals surface area contributed by atoms with Gasteiger partial charge in [-0.2, -0.15) is 0 Å². The molecule has 0 aromatic heterocycles. The molecule has 0 amide bonds. The normalized spacial score (nSPS) is 12.9. The van der Waals surface area contributed by atoms with E-state index in [1.165, 1.54) is 96.3 Å². The van der Waals surface area contributed by atoms with E-state index in [4.69, 9.17) is 14.2 Å². The maximum absolute atomic E-state index is 12.9. The molecule has 426 valence electrons. The first-order chi connectivity index (χ1) is 37.0. The highest BCUT2D eigenvalue weighted by Gasteiger charge is 2.19. The predicted molar refractivity (Wildman–Crippen MR) is 325 cm³/mol. The third kappa shape index (κ3) is 60.6. The second kappa shape index (κ2) is 62.4. The van der Waals surface area contributed by atoms with Gasteiger partial charge < -0.3 is 14.2 Å². The predicted octanol–water partition coefficient (Wildman–Crippen LogP) is 21.2. The summed E-state index contributed by atoms with van der Waals surface area (Å²) >= 11 is 0. The SMILES string of the molecule is CC/C=C\C/C=C\C/C=C\C/C=C\C/C=C\C/C=C\CCCCCCC(=O)OCC(COC(=O)CCCCCCCCCCCCCCC)OC(=O)CCCCCCCCCC/C=C\C/C=C\C/C=C\C/C=C\CC. The fourth-order valence-electron chi connectivity index (χ4n) is 8.38. The zero-order valence-corrected chi connectivity index (χ0v) is 48.8. The van der Waals surface area contributed by atoms with Gasteiger partial charge in [0.1, 0.15) is 13.2 Å². The number of carbonyl (C=O) groups excluding carboxylic acids is 3. The fourth-order valence-corrected chi connectivity index (χ4v) is 8.38. The van der Waals surface area contributed by atoms with Crippen molar-refractivity contribution in [1.82, 2.24) is 0 Å². The maximum atomic E-state index is 12.9. The molecule has 75 heavy (non-hydrogen) atoms. The molecular formula is C69H114O6. The second-order valence-electron chi connectivity index (χ2n) is 20.2. The van der Waals surface area contributed by atoms with Gasteiger partial charge in [-0.15, -0.1) is 0 Å². The molecule has 6 heteroatoms. The van der Waals surface area contributed by atoms with E-state index in [1.54, 1.807) is 0 Å². The Kier molecular flexibility index (Phi) is 58.9. The molecule has 0 aliphatic heterocycles. The van der Waals surface area contributed by atoms with Crippen molar-refractivity contribution in [2.45, 2.75) is 284 Å². The Balaban J connectivity index is 4.43. The molecule has 0 N–H and O–H groups in total. The molecule has 0 fully saturated rings. The Bertz CT molecular complexity index is 1570. The molecule has 0 saturated carbocycles. The smallest absolute Gasteiger partial charge is 0.306 e. The summed E-state index contributed by atoms with van der Waals surface area (Å²) in [4.78, 5) is 38.3. The van der Waals surface area contributed by atoms with Crippen LogP contribution in [0.4, 0.5) is 0 Å². The number of carbonyl (C=O) groups is 3.